The van der Waals surface area contributed by atoms with Gasteiger partial charge in [0.05, 0.1) is 36.4 Å². The van der Waals surface area contributed by atoms with E-state index in [1.54, 1.807) is 27.4 Å². The van der Waals surface area contributed by atoms with Crippen LogP contribution in [0, 0.1) is 6.92 Å². The molecule has 4 heterocycles. The van der Waals surface area contributed by atoms with E-state index < -0.39 is 16.1 Å². The van der Waals surface area contributed by atoms with Gasteiger partial charge in [0.15, 0.2) is 5.82 Å². The van der Waals surface area contributed by atoms with Crippen LogP contribution in [0.3, 0.4) is 0 Å². The van der Waals surface area contributed by atoms with E-state index in [-0.39, 0.29) is 27.8 Å². The number of hydrogen-bond donors (Lipinski definition) is 3. The third-order valence-electron chi connectivity index (χ3n) is 7.49. The van der Waals surface area contributed by atoms with Crippen molar-refractivity contribution in [2.24, 2.45) is 0 Å². The molecule has 0 bridgehead atoms. The Morgan fingerprint density at radius 1 is 0.957 bits per heavy atom. The lowest BCUT2D eigenvalue weighted by molar-refractivity contribution is 0.400. The van der Waals surface area contributed by atoms with Gasteiger partial charge in [-0.25, -0.2) is 27.9 Å². The second-order valence-electron chi connectivity index (χ2n) is 10.5. The number of ether oxygens (including phenoxy) is 2. The maximum atomic E-state index is 13.8. The lowest BCUT2D eigenvalue weighted by Gasteiger charge is -2.21. The van der Waals surface area contributed by atoms with E-state index in [4.69, 9.17) is 20.3 Å². The highest BCUT2D eigenvalue weighted by Crippen LogP contribution is 2.36. The van der Waals surface area contributed by atoms with Crippen LogP contribution in [0.2, 0.25) is 0 Å². The fourth-order valence-corrected chi connectivity index (χ4v) is 6.23. The lowest BCUT2D eigenvalue weighted by Crippen LogP contribution is -2.29. The van der Waals surface area contributed by atoms with Crippen LogP contribution in [0.25, 0.3) is 22.3 Å². The first-order chi connectivity index (χ1) is 22.6. The first-order valence-electron chi connectivity index (χ1n) is 14.4. The van der Waals surface area contributed by atoms with E-state index in [1.807, 2.05) is 50.2 Å². The summed E-state index contributed by atoms with van der Waals surface area (Å²) in [6.45, 7) is 3.70. The molecule has 47 heavy (non-hydrogen) atoms. The molecule has 0 aliphatic heterocycles. The largest absolute Gasteiger partial charge is 0.497 e. The number of nitrogens with two attached hydrogens (primary N) is 1. The van der Waals surface area contributed by atoms with E-state index >= 15 is 0 Å². The highest BCUT2D eigenvalue weighted by atomic mass is 32.2. The number of aromatic nitrogens is 6. The summed E-state index contributed by atoms with van der Waals surface area (Å²) >= 11 is 0. The SMILES string of the molecule is COc1ccc(S(=O)(=O)Nc2cc(-c3c(N)ncnc3NC(C)c3nn4ccc(C)c4c(=O)n3-c3ccccc3)cnc2OC)cc1. The quantitative estimate of drug-likeness (QED) is 0.193. The zero-order chi connectivity index (χ0) is 33.3. The third-order valence-corrected chi connectivity index (χ3v) is 8.87. The molecular weight excluding hydrogens is 622 g/mol. The van der Waals surface area contributed by atoms with Crippen LogP contribution in [0.4, 0.5) is 17.3 Å². The molecule has 6 aromatic rings. The van der Waals surface area contributed by atoms with Crippen LogP contribution >= 0.6 is 0 Å². The van der Waals surface area contributed by atoms with Crippen LogP contribution in [0.1, 0.15) is 24.4 Å². The van der Waals surface area contributed by atoms with Crippen molar-refractivity contribution in [2.45, 2.75) is 24.8 Å². The fourth-order valence-electron chi connectivity index (χ4n) is 5.18. The molecule has 14 nitrogen and oxygen atoms in total. The molecule has 6 rings (SSSR count). The number of benzene rings is 2. The van der Waals surface area contributed by atoms with Crippen molar-refractivity contribution in [3.8, 4) is 28.4 Å². The average molecular weight is 654 g/mol. The number of fused-ring (bicyclic) bond motifs is 1. The number of anilines is 3. The minimum Gasteiger partial charge on any atom is -0.497 e. The summed E-state index contributed by atoms with van der Waals surface area (Å²) in [4.78, 5) is 26.8. The summed E-state index contributed by atoms with van der Waals surface area (Å²) in [5.41, 5.74) is 8.88. The summed E-state index contributed by atoms with van der Waals surface area (Å²) in [7, 11) is -1.17. The van der Waals surface area contributed by atoms with Gasteiger partial charge in [-0.3, -0.25) is 14.1 Å². The van der Waals surface area contributed by atoms with Crippen molar-refractivity contribution in [2.75, 3.05) is 30.0 Å². The smallest absolute Gasteiger partial charge is 0.282 e. The summed E-state index contributed by atoms with van der Waals surface area (Å²) < 4.78 is 42.8. The van der Waals surface area contributed by atoms with Gasteiger partial charge in [-0.05, 0) is 67.9 Å². The van der Waals surface area contributed by atoms with Crippen LogP contribution < -0.4 is 30.8 Å². The monoisotopic (exact) mass is 653 g/mol. The van der Waals surface area contributed by atoms with E-state index in [0.717, 1.165) is 5.56 Å². The first-order valence-corrected chi connectivity index (χ1v) is 15.8. The molecule has 0 fully saturated rings. The van der Waals surface area contributed by atoms with Crippen molar-refractivity contribution >= 4 is 32.9 Å². The van der Waals surface area contributed by atoms with Crippen molar-refractivity contribution in [1.29, 1.82) is 0 Å². The van der Waals surface area contributed by atoms with Gasteiger partial charge in [-0.1, -0.05) is 18.2 Å². The Balaban J connectivity index is 1.41. The second kappa shape index (κ2) is 12.4. The van der Waals surface area contributed by atoms with E-state index in [0.29, 0.717) is 39.7 Å². The van der Waals surface area contributed by atoms with Crippen molar-refractivity contribution in [3.63, 3.8) is 0 Å². The molecule has 0 saturated heterocycles. The van der Waals surface area contributed by atoms with Crippen molar-refractivity contribution in [3.05, 3.63) is 107 Å². The number of nitrogen functional groups attached to an aromatic ring is 1. The number of methoxy groups -OCH3 is 2. The molecular formula is C32H31N9O5S. The van der Waals surface area contributed by atoms with E-state index in [1.165, 1.54) is 44.9 Å². The van der Waals surface area contributed by atoms with Gasteiger partial charge in [-0.15, -0.1) is 0 Å². The topological polar surface area (TPSA) is 181 Å². The predicted molar refractivity (Wildman–Crippen MR) is 178 cm³/mol. The summed E-state index contributed by atoms with van der Waals surface area (Å²) in [6, 6.07) is 18.0. The van der Waals surface area contributed by atoms with Gasteiger partial charge < -0.3 is 20.5 Å². The number of hydrogen-bond acceptors (Lipinski definition) is 11. The van der Waals surface area contributed by atoms with Crippen LogP contribution in [0.5, 0.6) is 11.6 Å². The Kier molecular flexibility index (Phi) is 8.22. The number of nitrogens with one attached hydrogen (secondary N) is 2. The molecule has 0 spiro atoms. The minimum atomic E-state index is -4.04. The zero-order valence-corrected chi connectivity index (χ0v) is 26.7. The molecule has 0 amide bonds. The predicted octanol–water partition coefficient (Wildman–Crippen LogP) is 4.22. The highest BCUT2D eigenvalue weighted by Gasteiger charge is 2.24. The number of pyridine rings is 1. The molecule has 0 saturated carbocycles. The fraction of sp³-hybridized carbons (Fsp3) is 0.156. The van der Waals surface area contributed by atoms with Gasteiger partial charge in [-0.2, -0.15) is 5.10 Å². The molecule has 4 aromatic heterocycles. The summed E-state index contributed by atoms with van der Waals surface area (Å²) in [6.07, 6.45) is 4.51. The second-order valence-corrected chi connectivity index (χ2v) is 12.2. The molecule has 1 unspecified atom stereocenters. The standard InChI is InChI=1S/C32H31N9O5S/c1-19-14-15-40-27(19)32(42)41(22-8-6-5-7-9-22)30(38-40)20(2)37-29-26(28(33)35-18-36-29)21-16-25(31(46-4)34-17-21)39-47(43,44)24-12-10-23(45-3)11-13-24/h5-18,20,39H,1-4H3,(H3,33,35,36,37). The van der Waals surface area contributed by atoms with Crippen molar-refractivity contribution < 1.29 is 17.9 Å². The van der Waals surface area contributed by atoms with Gasteiger partial charge in [0.25, 0.3) is 15.6 Å². The Hall–Kier alpha value is -5.96. The molecule has 0 radical (unpaired) electrons. The van der Waals surface area contributed by atoms with Gasteiger partial charge in [0, 0.05) is 18.0 Å². The molecule has 1 atom stereocenters. The van der Waals surface area contributed by atoms with Gasteiger partial charge in [0.1, 0.15) is 34.9 Å². The lowest BCUT2D eigenvalue weighted by atomic mass is 10.1. The van der Waals surface area contributed by atoms with Crippen molar-refractivity contribution in [1.82, 2.24) is 29.1 Å². The number of nitrogens with zero attached hydrogens (tertiary/aromatic N) is 6. The van der Waals surface area contributed by atoms with E-state index in [2.05, 4.69) is 25.0 Å². The van der Waals surface area contributed by atoms with Gasteiger partial charge in [0.2, 0.25) is 5.88 Å². The van der Waals surface area contributed by atoms with E-state index in [9.17, 15) is 13.2 Å². The Bertz CT molecular complexity index is 2250. The molecule has 15 heteroatoms. The normalized spacial score (nSPS) is 12.1. The third kappa shape index (κ3) is 5.91. The Labute approximate surface area is 269 Å². The molecule has 4 N–H and O–H groups in total. The zero-order valence-electron chi connectivity index (χ0n) is 25.9. The van der Waals surface area contributed by atoms with Crippen LogP contribution in [-0.2, 0) is 10.0 Å². The first kappa shape index (κ1) is 31.0. The number of aryl methyl sites for hydroxylation is 1. The van der Waals surface area contributed by atoms with Crippen LogP contribution in [0.15, 0.2) is 95.1 Å². The average Bonchev–Trinajstić information content (AvgIpc) is 3.45. The van der Waals surface area contributed by atoms with Crippen LogP contribution in [-0.4, -0.2) is 51.8 Å². The molecule has 2 aromatic carbocycles. The Morgan fingerprint density at radius 2 is 1.70 bits per heavy atom. The minimum absolute atomic E-state index is 0.0105. The number of para-hydroxylation sites is 1. The number of rotatable bonds is 10. The highest BCUT2D eigenvalue weighted by molar-refractivity contribution is 7.92. The number of sulfonamides is 1. The Morgan fingerprint density at radius 3 is 2.40 bits per heavy atom. The maximum Gasteiger partial charge on any atom is 0.282 e. The van der Waals surface area contributed by atoms with Gasteiger partial charge >= 0.3 is 0 Å². The summed E-state index contributed by atoms with van der Waals surface area (Å²) in [5.74, 6) is 1.37. The summed E-state index contributed by atoms with van der Waals surface area (Å²) in [5, 5.41) is 8.13. The maximum absolute atomic E-state index is 13.8. The molecule has 0 aliphatic rings. The molecule has 0 aliphatic carbocycles. The molecule has 240 valence electrons.